The van der Waals surface area contributed by atoms with E-state index in [1.165, 1.54) is 6.20 Å². The standard InChI is InChI=1S/C12H17F4N3O/c1-8(2)3-17-4-9-5-19-10(6-18-9)20-7-12(15,16)11(13)14/h5-6,8,11,17H,3-4,7H2,1-2H3. The van der Waals surface area contributed by atoms with Crippen LogP contribution < -0.4 is 10.1 Å². The molecule has 1 aromatic rings. The van der Waals surface area contributed by atoms with Crippen LogP contribution in [0.3, 0.4) is 0 Å². The lowest BCUT2D eigenvalue weighted by atomic mass is 10.2. The zero-order valence-corrected chi connectivity index (χ0v) is 11.2. The van der Waals surface area contributed by atoms with E-state index in [4.69, 9.17) is 0 Å². The Labute approximate surface area is 114 Å². The van der Waals surface area contributed by atoms with Gasteiger partial charge in [0.05, 0.1) is 18.1 Å². The normalized spacial score (nSPS) is 12.2. The number of nitrogens with zero attached hydrogens (tertiary/aromatic N) is 2. The molecular weight excluding hydrogens is 278 g/mol. The highest BCUT2D eigenvalue weighted by Gasteiger charge is 2.41. The molecule has 8 heteroatoms. The molecule has 1 N–H and O–H groups in total. The van der Waals surface area contributed by atoms with Crippen molar-refractivity contribution in [2.45, 2.75) is 32.7 Å². The van der Waals surface area contributed by atoms with Crippen molar-refractivity contribution in [2.75, 3.05) is 13.2 Å². The number of hydrogen-bond donors (Lipinski definition) is 1. The third-order valence-corrected chi connectivity index (χ3v) is 2.27. The lowest BCUT2D eigenvalue weighted by Gasteiger charge is -2.15. The maximum Gasteiger partial charge on any atom is 0.340 e. The number of halogens is 4. The molecule has 0 unspecified atom stereocenters. The first-order valence-corrected chi connectivity index (χ1v) is 6.11. The van der Waals surface area contributed by atoms with Crippen LogP contribution in [0.2, 0.25) is 0 Å². The number of ether oxygens (including phenoxy) is 1. The van der Waals surface area contributed by atoms with Gasteiger partial charge < -0.3 is 10.1 Å². The lowest BCUT2D eigenvalue weighted by Crippen LogP contribution is -2.33. The largest absolute Gasteiger partial charge is 0.470 e. The predicted octanol–water partition coefficient (Wildman–Crippen LogP) is 2.50. The third kappa shape index (κ3) is 5.68. The van der Waals surface area contributed by atoms with Gasteiger partial charge >= 0.3 is 12.3 Å². The second-order valence-electron chi connectivity index (χ2n) is 4.72. The Balaban J connectivity index is 2.43. The number of alkyl halides is 4. The Morgan fingerprint density at radius 3 is 2.45 bits per heavy atom. The van der Waals surface area contributed by atoms with Crippen LogP contribution in [0.15, 0.2) is 12.4 Å². The summed E-state index contributed by atoms with van der Waals surface area (Å²) in [6, 6.07) is 0. The van der Waals surface area contributed by atoms with E-state index in [1.807, 2.05) is 0 Å². The first-order valence-electron chi connectivity index (χ1n) is 6.11. The number of rotatable bonds is 8. The van der Waals surface area contributed by atoms with E-state index in [9.17, 15) is 17.6 Å². The van der Waals surface area contributed by atoms with Gasteiger partial charge in [0.15, 0.2) is 6.61 Å². The summed E-state index contributed by atoms with van der Waals surface area (Å²) in [5.74, 6) is -3.92. The first kappa shape index (κ1) is 16.6. The van der Waals surface area contributed by atoms with E-state index in [0.717, 1.165) is 12.7 Å². The van der Waals surface area contributed by atoms with Crippen molar-refractivity contribution in [2.24, 2.45) is 5.92 Å². The van der Waals surface area contributed by atoms with Crippen molar-refractivity contribution in [3.63, 3.8) is 0 Å². The van der Waals surface area contributed by atoms with Gasteiger partial charge in [0.1, 0.15) is 0 Å². The Morgan fingerprint density at radius 2 is 1.95 bits per heavy atom. The van der Waals surface area contributed by atoms with E-state index in [0.29, 0.717) is 18.2 Å². The molecule has 20 heavy (non-hydrogen) atoms. The maximum absolute atomic E-state index is 12.6. The molecule has 0 aliphatic rings. The quantitative estimate of drug-likeness (QED) is 0.749. The molecule has 0 fully saturated rings. The van der Waals surface area contributed by atoms with Crippen LogP contribution >= 0.6 is 0 Å². The molecule has 1 aromatic heterocycles. The Morgan fingerprint density at radius 1 is 1.25 bits per heavy atom. The zero-order chi connectivity index (χ0) is 15.2. The van der Waals surface area contributed by atoms with Crippen molar-refractivity contribution in [1.82, 2.24) is 15.3 Å². The zero-order valence-electron chi connectivity index (χ0n) is 11.2. The van der Waals surface area contributed by atoms with Crippen LogP contribution in [0.5, 0.6) is 5.88 Å². The molecule has 0 atom stereocenters. The van der Waals surface area contributed by atoms with E-state index >= 15 is 0 Å². The van der Waals surface area contributed by atoms with Gasteiger partial charge in [-0.25, -0.2) is 13.8 Å². The molecule has 0 radical (unpaired) electrons. The summed E-state index contributed by atoms with van der Waals surface area (Å²) in [5, 5.41) is 3.13. The maximum atomic E-state index is 12.6. The summed E-state index contributed by atoms with van der Waals surface area (Å²) in [6.45, 7) is 3.97. The van der Waals surface area contributed by atoms with Crippen LogP contribution in [0.1, 0.15) is 19.5 Å². The van der Waals surface area contributed by atoms with Crippen LogP contribution in [0.25, 0.3) is 0 Å². The summed E-state index contributed by atoms with van der Waals surface area (Å²) in [7, 11) is 0. The Bertz CT molecular complexity index is 398. The van der Waals surface area contributed by atoms with Crippen molar-refractivity contribution in [1.29, 1.82) is 0 Å². The molecular formula is C12H17F4N3O. The SMILES string of the molecule is CC(C)CNCc1cnc(OCC(F)(F)C(F)F)cn1. The second-order valence-corrected chi connectivity index (χ2v) is 4.72. The highest BCUT2D eigenvalue weighted by molar-refractivity contribution is 5.07. The van der Waals surface area contributed by atoms with Crippen LogP contribution in [-0.2, 0) is 6.54 Å². The Hall–Kier alpha value is -1.44. The summed E-state index contributed by atoms with van der Waals surface area (Å²) >= 11 is 0. The summed E-state index contributed by atoms with van der Waals surface area (Å²) in [5.41, 5.74) is 0.610. The average molecular weight is 295 g/mol. The van der Waals surface area contributed by atoms with Gasteiger partial charge in [-0.15, -0.1) is 0 Å². The van der Waals surface area contributed by atoms with E-state index in [2.05, 4.69) is 33.9 Å². The fourth-order valence-electron chi connectivity index (χ4n) is 1.23. The molecule has 0 saturated heterocycles. The molecule has 0 aromatic carbocycles. The minimum atomic E-state index is -4.20. The van der Waals surface area contributed by atoms with Gasteiger partial charge in [0, 0.05) is 6.54 Å². The molecule has 0 bridgehead atoms. The van der Waals surface area contributed by atoms with Gasteiger partial charge in [0.2, 0.25) is 5.88 Å². The molecule has 1 heterocycles. The summed E-state index contributed by atoms with van der Waals surface area (Å²) < 4.78 is 53.6. The minimum absolute atomic E-state index is 0.210. The van der Waals surface area contributed by atoms with Crippen LogP contribution in [0.4, 0.5) is 17.6 Å². The molecule has 0 saturated carbocycles. The minimum Gasteiger partial charge on any atom is -0.470 e. The van der Waals surface area contributed by atoms with Crippen molar-refractivity contribution >= 4 is 0 Å². The predicted molar refractivity (Wildman–Crippen MR) is 65.0 cm³/mol. The van der Waals surface area contributed by atoms with Gasteiger partial charge in [-0.2, -0.15) is 8.78 Å². The molecule has 114 valence electrons. The molecule has 0 spiro atoms. The average Bonchev–Trinajstić information content (AvgIpc) is 2.37. The fourth-order valence-corrected chi connectivity index (χ4v) is 1.23. The van der Waals surface area contributed by atoms with E-state index in [1.54, 1.807) is 0 Å². The molecule has 4 nitrogen and oxygen atoms in total. The summed E-state index contributed by atoms with van der Waals surface area (Å²) in [6.07, 6.45) is -1.29. The highest BCUT2D eigenvalue weighted by Crippen LogP contribution is 2.23. The Kier molecular flexibility index (Phi) is 6.12. The molecule has 0 aliphatic carbocycles. The van der Waals surface area contributed by atoms with Crippen molar-refractivity contribution in [3.8, 4) is 5.88 Å². The molecule has 1 rings (SSSR count). The van der Waals surface area contributed by atoms with E-state index in [-0.39, 0.29) is 5.88 Å². The van der Waals surface area contributed by atoms with E-state index < -0.39 is 19.0 Å². The highest BCUT2D eigenvalue weighted by atomic mass is 19.3. The van der Waals surface area contributed by atoms with Crippen LogP contribution in [0, 0.1) is 5.92 Å². The van der Waals surface area contributed by atoms with Crippen LogP contribution in [-0.4, -0.2) is 35.5 Å². The lowest BCUT2D eigenvalue weighted by molar-refractivity contribution is -0.148. The van der Waals surface area contributed by atoms with Gasteiger partial charge in [-0.1, -0.05) is 13.8 Å². The monoisotopic (exact) mass is 295 g/mol. The first-order chi connectivity index (χ1) is 9.31. The van der Waals surface area contributed by atoms with Gasteiger partial charge in [-0.3, -0.25) is 4.98 Å². The third-order valence-electron chi connectivity index (χ3n) is 2.27. The summed E-state index contributed by atoms with van der Waals surface area (Å²) in [4.78, 5) is 7.67. The number of hydrogen-bond acceptors (Lipinski definition) is 4. The molecule has 0 aliphatic heterocycles. The van der Waals surface area contributed by atoms with Gasteiger partial charge in [-0.05, 0) is 12.5 Å². The van der Waals surface area contributed by atoms with Crippen molar-refractivity contribution in [3.05, 3.63) is 18.1 Å². The van der Waals surface area contributed by atoms with Crippen molar-refractivity contribution < 1.29 is 22.3 Å². The smallest absolute Gasteiger partial charge is 0.340 e. The number of aromatic nitrogens is 2. The van der Waals surface area contributed by atoms with Gasteiger partial charge in [0.25, 0.3) is 0 Å². The number of nitrogens with one attached hydrogen (secondary N) is 1. The fraction of sp³-hybridized carbons (Fsp3) is 0.667. The second kappa shape index (κ2) is 7.37. The molecule has 0 amide bonds. The topological polar surface area (TPSA) is 47.0 Å².